The summed E-state index contributed by atoms with van der Waals surface area (Å²) in [5, 5.41) is 16.0. The molecule has 1 aliphatic carbocycles. The first kappa shape index (κ1) is 28.6. The zero-order valence-electron chi connectivity index (χ0n) is 22.8. The molecule has 1 heterocycles. The van der Waals surface area contributed by atoms with E-state index < -0.39 is 16.1 Å². The van der Waals surface area contributed by atoms with Crippen molar-refractivity contribution in [3.05, 3.63) is 76.9 Å². The number of aromatic nitrogens is 2. The molecule has 1 fully saturated rings. The molecular weight excluding hydrogens is 562 g/mol. The minimum absolute atomic E-state index is 0.00625. The van der Waals surface area contributed by atoms with Gasteiger partial charge in [-0.05, 0) is 97.7 Å². The Hall–Kier alpha value is -3.89. The lowest BCUT2D eigenvalue weighted by Gasteiger charge is -2.28. The molecule has 0 saturated heterocycles. The Morgan fingerprint density at radius 2 is 1.78 bits per heavy atom. The number of aryl methyl sites for hydroxylation is 2. The third-order valence-corrected chi connectivity index (χ3v) is 9.33. The first-order valence-electron chi connectivity index (χ1n) is 13.6. The van der Waals surface area contributed by atoms with E-state index in [2.05, 4.69) is 39.4 Å². The van der Waals surface area contributed by atoms with Crippen LogP contribution in [0.25, 0.3) is 22.0 Å². The van der Waals surface area contributed by atoms with Crippen LogP contribution in [0.15, 0.2) is 65.7 Å². The summed E-state index contributed by atoms with van der Waals surface area (Å²) in [7, 11) is -3.83. The SMILES string of the molecule is CCc1cc(-c2ccc(NS(=O)(=O)c3ccccc3Cl)cc2C)cc2cnc(N[C@H]3CC[C@H](NC(=O)O)CC3)nc12. The van der Waals surface area contributed by atoms with Crippen LogP contribution in [-0.2, 0) is 16.4 Å². The van der Waals surface area contributed by atoms with Crippen LogP contribution in [0.5, 0.6) is 0 Å². The van der Waals surface area contributed by atoms with E-state index in [-0.39, 0.29) is 22.0 Å². The summed E-state index contributed by atoms with van der Waals surface area (Å²) in [5.41, 5.74) is 5.32. The molecule has 1 saturated carbocycles. The van der Waals surface area contributed by atoms with Gasteiger partial charge in [0.15, 0.2) is 0 Å². The number of nitrogens with one attached hydrogen (secondary N) is 3. The van der Waals surface area contributed by atoms with Crippen molar-refractivity contribution in [1.29, 1.82) is 0 Å². The Morgan fingerprint density at radius 1 is 1.05 bits per heavy atom. The maximum atomic E-state index is 12.9. The van der Waals surface area contributed by atoms with Crippen molar-refractivity contribution in [2.75, 3.05) is 10.0 Å². The fourth-order valence-corrected chi connectivity index (χ4v) is 6.95. The van der Waals surface area contributed by atoms with Gasteiger partial charge in [0.25, 0.3) is 10.0 Å². The molecule has 9 nitrogen and oxygen atoms in total. The number of nitrogens with zero attached hydrogens (tertiary/aromatic N) is 2. The lowest BCUT2D eigenvalue weighted by Crippen LogP contribution is -2.39. The van der Waals surface area contributed by atoms with Gasteiger partial charge in [0.1, 0.15) is 4.90 Å². The molecule has 1 aliphatic rings. The molecule has 41 heavy (non-hydrogen) atoms. The second kappa shape index (κ2) is 11.9. The van der Waals surface area contributed by atoms with Gasteiger partial charge >= 0.3 is 6.09 Å². The maximum absolute atomic E-state index is 12.9. The molecule has 0 radical (unpaired) electrons. The Kier molecular flexibility index (Phi) is 8.32. The average Bonchev–Trinajstić information content (AvgIpc) is 2.93. The van der Waals surface area contributed by atoms with Crippen molar-refractivity contribution in [3.8, 4) is 11.1 Å². The summed E-state index contributed by atoms with van der Waals surface area (Å²) in [4.78, 5) is 20.3. The normalized spacial score (nSPS) is 17.2. The van der Waals surface area contributed by atoms with Crippen LogP contribution in [0, 0.1) is 6.92 Å². The minimum atomic E-state index is -3.83. The first-order valence-corrected chi connectivity index (χ1v) is 15.4. The highest BCUT2D eigenvalue weighted by Gasteiger charge is 2.23. The van der Waals surface area contributed by atoms with Crippen molar-refractivity contribution in [2.24, 2.45) is 0 Å². The van der Waals surface area contributed by atoms with Crippen molar-refractivity contribution in [1.82, 2.24) is 15.3 Å². The number of amides is 1. The van der Waals surface area contributed by atoms with Crippen molar-refractivity contribution < 1.29 is 18.3 Å². The lowest BCUT2D eigenvalue weighted by atomic mass is 9.91. The molecule has 214 valence electrons. The quantitative estimate of drug-likeness (QED) is 0.180. The van der Waals surface area contributed by atoms with Gasteiger partial charge in [-0.25, -0.2) is 23.2 Å². The Balaban J connectivity index is 1.35. The molecule has 11 heteroatoms. The fraction of sp³-hybridized carbons (Fsp3) is 0.300. The van der Waals surface area contributed by atoms with Crippen LogP contribution in [0.2, 0.25) is 5.02 Å². The van der Waals surface area contributed by atoms with Gasteiger partial charge in [0.2, 0.25) is 5.95 Å². The molecule has 4 aromatic rings. The van der Waals surface area contributed by atoms with Crippen LogP contribution in [0.3, 0.4) is 0 Å². The van der Waals surface area contributed by atoms with Gasteiger partial charge in [-0.1, -0.05) is 36.7 Å². The molecule has 0 bridgehead atoms. The van der Waals surface area contributed by atoms with E-state index in [1.165, 1.54) is 6.07 Å². The zero-order chi connectivity index (χ0) is 29.1. The summed E-state index contributed by atoms with van der Waals surface area (Å²) in [6, 6.07) is 16.2. The predicted octanol–water partition coefficient (Wildman–Crippen LogP) is 6.61. The van der Waals surface area contributed by atoms with Crippen LogP contribution >= 0.6 is 11.6 Å². The molecule has 4 N–H and O–H groups in total. The summed E-state index contributed by atoms with van der Waals surface area (Å²) >= 11 is 6.11. The van der Waals surface area contributed by atoms with Gasteiger partial charge in [-0.3, -0.25) is 4.72 Å². The summed E-state index contributed by atoms with van der Waals surface area (Å²) in [5.74, 6) is 0.570. The van der Waals surface area contributed by atoms with E-state index in [0.717, 1.165) is 65.3 Å². The molecular formula is C30H32ClN5O4S. The van der Waals surface area contributed by atoms with Gasteiger partial charge in [0.05, 0.1) is 10.5 Å². The smallest absolute Gasteiger partial charge is 0.404 e. The minimum Gasteiger partial charge on any atom is -0.465 e. The van der Waals surface area contributed by atoms with Crippen molar-refractivity contribution in [3.63, 3.8) is 0 Å². The monoisotopic (exact) mass is 593 g/mol. The summed E-state index contributed by atoms with van der Waals surface area (Å²) in [6.07, 6.45) is 4.87. The van der Waals surface area contributed by atoms with Gasteiger partial charge in [0, 0.05) is 29.4 Å². The second-order valence-corrected chi connectivity index (χ2v) is 12.4. The van der Waals surface area contributed by atoms with Crippen LogP contribution in [-0.4, -0.2) is 41.7 Å². The topological polar surface area (TPSA) is 133 Å². The summed E-state index contributed by atoms with van der Waals surface area (Å²) in [6.45, 7) is 4.03. The molecule has 0 aliphatic heterocycles. The number of fused-ring (bicyclic) bond motifs is 1. The largest absolute Gasteiger partial charge is 0.465 e. The Morgan fingerprint density at radius 3 is 2.46 bits per heavy atom. The molecule has 5 rings (SSSR count). The molecule has 0 spiro atoms. The number of benzene rings is 3. The van der Waals surface area contributed by atoms with E-state index in [0.29, 0.717) is 11.6 Å². The zero-order valence-corrected chi connectivity index (χ0v) is 24.4. The summed E-state index contributed by atoms with van der Waals surface area (Å²) < 4.78 is 28.4. The van der Waals surface area contributed by atoms with E-state index in [9.17, 15) is 13.2 Å². The highest BCUT2D eigenvalue weighted by molar-refractivity contribution is 7.92. The number of anilines is 2. The van der Waals surface area contributed by atoms with Gasteiger partial charge in [-0.15, -0.1) is 0 Å². The standard InChI is InChI=1S/C30H32ClN5O4S/c1-3-19-15-20(25-13-12-24(14-18(25)2)36-41(39,40)27-7-5-4-6-26(27)31)16-21-17-32-29(35-28(19)21)33-22-8-10-23(11-9-22)34-30(37)38/h4-7,12-17,22-23,34,36H,3,8-11H2,1-2H3,(H,37,38)(H,32,33,35)/t22-,23-. The number of hydrogen-bond acceptors (Lipinski definition) is 6. The Bertz CT molecular complexity index is 1700. The molecule has 3 aromatic carbocycles. The van der Waals surface area contributed by atoms with Gasteiger partial charge in [-0.2, -0.15) is 0 Å². The number of halogens is 1. The Labute approximate surface area is 244 Å². The van der Waals surface area contributed by atoms with Crippen molar-refractivity contribution in [2.45, 2.75) is 62.9 Å². The van der Waals surface area contributed by atoms with E-state index >= 15 is 0 Å². The fourth-order valence-electron chi connectivity index (χ4n) is 5.38. The number of carboxylic acid groups (broad SMARTS) is 1. The average molecular weight is 594 g/mol. The van der Waals surface area contributed by atoms with Gasteiger partial charge < -0.3 is 15.7 Å². The highest BCUT2D eigenvalue weighted by Crippen LogP contribution is 2.32. The van der Waals surface area contributed by atoms with Crippen LogP contribution in [0.1, 0.15) is 43.7 Å². The number of sulfonamides is 1. The van der Waals surface area contributed by atoms with Crippen molar-refractivity contribution >= 4 is 50.3 Å². The third-order valence-electron chi connectivity index (χ3n) is 7.45. The molecule has 1 amide bonds. The molecule has 0 unspecified atom stereocenters. The van der Waals surface area contributed by atoms with Crippen LogP contribution in [0.4, 0.5) is 16.4 Å². The predicted molar refractivity (Wildman–Crippen MR) is 162 cm³/mol. The third kappa shape index (κ3) is 6.55. The van der Waals surface area contributed by atoms with E-state index in [1.54, 1.807) is 24.3 Å². The number of hydrogen-bond donors (Lipinski definition) is 4. The van der Waals surface area contributed by atoms with Crippen LogP contribution < -0.4 is 15.4 Å². The highest BCUT2D eigenvalue weighted by atomic mass is 35.5. The molecule has 1 aromatic heterocycles. The number of rotatable bonds is 8. The second-order valence-electron chi connectivity index (χ2n) is 10.3. The van der Waals surface area contributed by atoms with E-state index in [4.69, 9.17) is 21.7 Å². The first-order chi connectivity index (χ1) is 19.6. The van der Waals surface area contributed by atoms with E-state index in [1.807, 2.05) is 25.3 Å². The lowest BCUT2D eigenvalue weighted by molar-refractivity contribution is 0.185. The molecule has 0 atom stereocenters. The number of carbonyl (C=O) groups is 1. The maximum Gasteiger partial charge on any atom is 0.404 e.